The molecule has 2 unspecified atom stereocenters. The molecule has 2 fully saturated rings. The summed E-state index contributed by atoms with van der Waals surface area (Å²) < 4.78 is 8.71. The third-order valence-corrected chi connectivity index (χ3v) is 4.83. The van der Waals surface area contributed by atoms with Crippen LogP contribution in [0.3, 0.4) is 0 Å². The van der Waals surface area contributed by atoms with Crippen molar-refractivity contribution in [1.29, 1.82) is 0 Å². The molecule has 1 saturated carbocycles. The van der Waals surface area contributed by atoms with E-state index in [-0.39, 0.29) is 11.6 Å². The fourth-order valence-electron chi connectivity index (χ4n) is 3.81. The molecule has 3 nitrogen and oxygen atoms in total. The first-order valence-electron chi connectivity index (χ1n) is 7.77. The fourth-order valence-corrected chi connectivity index (χ4v) is 3.81. The molecule has 3 rings (SSSR count). The lowest BCUT2D eigenvalue weighted by molar-refractivity contribution is -0.0681. The second-order valence-electron chi connectivity index (χ2n) is 6.40. The minimum Gasteiger partial charge on any atom is -0.370 e. The monoisotopic (exact) mass is 262 g/mol. The maximum atomic E-state index is 6.44. The van der Waals surface area contributed by atoms with Gasteiger partial charge in [0.15, 0.2) is 0 Å². The SMILES string of the molecule is CC(N)c1cccn1CC1CCC2(CCCCC2)O1. The smallest absolute Gasteiger partial charge is 0.0762 e. The van der Waals surface area contributed by atoms with Gasteiger partial charge in [0, 0.05) is 24.5 Å². The third-order valence-electron chi connectivity index (χ3n) is 4.83. The summed E-state index contributed by atoms with van der Waals surface area (Å²) in [5, 5.41) is 0. The Morgan fingerprint density at radius 3 is 2.89 bits per heavy atom. The van der Waals surface area contributed by atoms with Gasteiger partial charge in [-0.25, -0.2) is 0 Å². The van der Waals surface area contributed by atoms with Gasteiger partial charge in [0.2, 0.25) is 0 Å². The van der Waals surface area contributed by atoms with Crippen LogP contribution in [0.5, 0.6) is 0 Å². The van der Waals surface area contributed by atoms with Gasteiger partial charge in [-0.1, -0.05) is 19.3 Å². The molecule has 1 aliphatic carbocycles. The number of ether oxygens (including phenoxy) is 1. The quantitative estimate of drug-likeness (QED) is 0.907. The van der Waals surface area contributed by atoms with Crippen LogP contribution in [-0.4, -0.2) is 16.3 Å². The van der Waals surface area contributed by atoms with Crippen LogP contribution in [0.2, 0.25) is 0 Å². The van der Waals surface area contributed by atoms with Crippen molar-refractivity contribution < 1.29 is 4.74 Å². The molecule has 106 valence electrons. The van der Waals surface area contributed by atoms with E-state index in [1.165, 1.54) is 50.6 Å². The molecule has 1 aromatic heterocycles. The molecule has 2 N–H and O–H groups in total. The van der Waals surface area contributed by atoms with Crippen LogP contribution in [-0.2, 0) is 11.3 Å². The Morgan fingerprint density at radius 1 is 1.37 bits per heavy atom. The first-order valence-corrected chi connectivity index (χ1v) is 7.77. The van der Waals surface area contributed by atoms with Crippen molar-refractivity contribution in [3.05, 3.63) is 24.0 Å². The predicted octanol–water partition coefficient (Wildman–Crippen LogP) is 3.39. The number of hydrogen-bond donors (Lipinski definition) is 1. The maximum absolute atomic E-state index is 6.44. The van der Waals surface area contributed by atoms with Crippen LogP contribution in [0.4, 0.5) is 0 Å². The number of aromatic nitrogens is 1. The molecule has 2 heterocycles. The van der Waals surface area contributed by atoms with Crippen molar-refractivity contribution in [1.82, 2.24) is 4.57 Å². The van der Waals surface area contributed by atoms with E-state index in [0.29, 0.717) is 6.10 Å². The number of hydrogen-bond acceptors (Lipinski definition) is 2. The lowest BCUT2D eigenvalue weighted by Crippen LogP contribution is -2.32. The summed E-state index contributed by atoms with van der Waals surface area (Å²) in [6.07, 6.45) is 11.6. The van der Waals surface area contributed by atoms with E-state index in [0.717, 1.165) is 6.54 Å². The van der Waals surface area contributed by atoms with E-state index >= 15 is 0 Å². The second-order valence-corrected chi connectivity index (χ2v) is 6.40. The predicted molar refractivity (Wildman–Crippen MR) is 77.0 cm³/mol. The van der Waals surface area contributed by atoms with Gasteiger partial charge in [-0.3, -0.25) is 0 Å². The highest BCUT2D eigenvalue weighted by molar-refractivity contribution is 5.11. The zero-order valence-corrected chi connectivity index (χ0v) is 12.0. The van der Waals surface area contributed by atoms with Crippen LogP contribution in [0.25, 0.3) is 0 Å². The van der Waals surface area contributed by atoms with E-state index in [1.54, 1.807) is 0 Å². The lowest BCUT2D eigenvalue weighted by Gasteiger charge is -2.33. The van der Waals surface area contributed by atoms with Crippen molar-refractivity contribution in [3.63, 3.8) is 0 Å². The van der Waals surface area contributed by atoms with Gasteiger partial charge in [-0.05, 0) is 44.7 Å². The van der Waals surface area contributed by atoms with Gasteiger partial charge < -0.3 is 15.0 Å². The molecular weight excluding hydrogens is 236 g/mol. The number of nitrogens with zero attached hydrogens (tertiary/aromatic N) is 1. The average Bonchev–Trinajstić information content (AvgIpc) is 2.99. The topological polar surface area (TPSA) is 40.2 Å². The minimum atomic E-state index is 0.0973. The summed E-state index contributed by atoms with van der Waals surface area (Å²) in [5.41, 5.74) is 7.45. The molecule has 0 bridgehead atoms. The Bertz CT molecular complexity index is 418. The molecule has 19 heavy (non-hydrogen) atoms. The zero-order valence-electron chi connectivity index (χ0n) is 12.0. The summed E-state index contributed by atoms with van der Waals surface area (Å²) in [4.78, 5) is 0. The van der Waals surface area contributed by atoms with E-state index in [1.807, 2.05) is 6.92 Å². The molecular formula is C16H26N2O. The summed E-state index contributed by atoms with van der Waals surface area (Å²) in [7, 11) is 0. The van der Waals surface area contributed by atoms with Gasteiger partial charge in [-0.15, -0.1) is 0 Å². The van der Waals surface area contributed by atoms with Gasteiger partial charge in [-0.2, -0.15) is 0 Å². The Hall–Kier alpha value is -0.800. The van der Waals surface area contributed by atoms with Crippen LogP contribution >= 0.6 is 0 Å². The molecule has 1 aromatic rings. The summed E-state index contributed by atoms with van der Waals surface area (Å²) in [6, 6.07) is 4.31. The molecule has 0 aromatic carbocycles. The highest BCUT2D eigenvalue weighted by Crippen LogP contribution is 2.42. The fraction of sp³-hybridized carbons (Fsp3) is 0.750. The first kappa shape index (κ1) is 13.2. The van der Waals surface area contributed by atoms with Gasteiger partial charge >= 0.3 is 0 Å². The molecule has 1 aliphatic heterocycles. The number of nitrogens with two attached hydrogens (primary N) is 1. The van der Waals surface area contributed by atoms with Gasteiger partial charge in [0.05, 0.1) is 11.7 Å². The highest BCUT2D eigenvalue weighted by Gasteiger charge is 2.40. The average molecular weight is 262 g/mol. The largest absolute Gasteiger partial charge is 0.370 e. The molecule has 1 saturated heterocycles. The van der Waals surface area contributed by atoms with Crippen molar-refractivity contribution >= 4 is 0 Å². The molecule has 3 heteroatoms. The van der Waals surface area contributed by atoms with E-state index < -0.39 is 0 Å². The van der Waals surface area contributed by atoms with Crippen molar-refractivity contribution in [2.75, 3.05) is 0 Å². The van der Waals surface area contributed by atoms with E-state index in [9.17, 15) is 0 Å². The molecule has 2 aliphatic rings. The number of rotatable bonds is 3. The Labute approximate surface area is 116 Å². The van der Waals surface area contributed by atoms with E-state index in [2.05, 4.69) is 22.9 Å². The Kier molecular flexibility index (Phi) is 3.68. The Balaban J connectivity index is 1.64. The van der Waals surface area contributed by atoms with Gasteiger partial charge in [0.25, 0.3) is 0 Å². The standard InChI is InChI=1S/C16H26N2O/c1-13(17)15-6-5-11-18(15)12-14-7-10-16(19-14)8-3-2-4-9-16/h5-6,11,13-14H,2-4,7-10,12,17H2,1H3. The molecule has 1 spiro atoms. The van der Waals surface area contributed by atoms with Gasteiger partial charge in [0.1, 0.15) is 0 Å². The molecule has 2 atom stereocenters. The van der Waals surface area contributed by atoms with Crippen LogP contribution in [0, 0.1) is 0 Å². The summed E-state index contributed by atoms with van der Waals surface area (Å²) >= 11 is 0. The van der Waals surface area contributed by atoms with Crippen LogP contribution in [0.1, 0.15) is 63.6 Å². The van der Waals surface area contributed by atoms with Crippen molar-refractivity contribution in [3.8, 4) is 0 Å². The lowest BCUT2D eigenvalue weighted by atomic mass is 9.83. The van der Waals surface area contributed by atoms with Crippen LogP contribution < -0.4 is 5.73 Å². The second kappa shape index (κ2) is 5.29. The van der Waals surface area contributed by atoms with Crippen LogP contribution in [0.15, 0.2) is 18.3 Å². The molecule has 0 radical (unpaired) electrons. The summed E-state index contributed by atoms with van der Waals surface area (Å²) in [5.74, 6) is 0. The minimum absolute atomic E-state index is 0.0973. The van der Waals surface area contributed by atoms with E-state index in [4.69, 9.17) is 10.5 Å². The summed E-state index contributed by atoms with van der Waals surface area (Å²) in [6.45, 7) is 3.01. The Morgan fingerprint density at radius 2 is 2.16 bits per heavy atom. The molecule has 0 amide bonds. The third kappa shape index (κ3) is 2.72. The normalized spacial score (nSPS) is 27.8. The zero-order chi connectivity index (χ0) is 13.3. The first-order chi connectivity index (χ1) is 9.19. The van der Waals surface area contributed by atoms with Crippen molar-refractivity contribution in [2.45, 2.75) is 76.2 Å². The van der Waals surface area contributed by atoms with Crippen molar-refractivity contribution in [2.24, 2.45) is 5.73 Å². The highest BCUT2D eigenvalue weighted by atomic mass is 16.5. The maximum Gasteiger partial charge on any atom is 0.0762 e.